The first-order valence-electron chi connectivity index (χ1n) is 10.5. The predicted octanol–water partition coefficient (Wildman–Crippen LogP) is 1.46. The van der Waals surface area contributed by atoms with Crippen LogP contribution in [-0.2, 0) is 14.4 Å². The van der Waals surface area contributed by atoms with E-state index in [9.17, 15) is 4.79 Å². The molecule has 3 rings (SSSR count). The van der Waals surface area contributed by atoms with Crippen LogP contribution in [0.3, 0.4) is 0 Å². The van der Waals surface area contributed by atoms with Gasteiger partial charge < -0.3 is 30.6 Å². The summed E-state index contributed by atoms with van der Waals surface area (Å²) in [5, 5.41) is 21.0. The molecule has 2 saturated heterocycles. The number of carboxylic acid groups (broad SMARTS) is 2. The summed E-state index contributed by atoms with van der Waals surface area (Å²) in [6.07, 6.45) is 6.55. The summed E-state index contributed by atoms with van der Waals surface area (Å²) in [5.74, 6) is -3.62. The quantitative estimate of drug-likeness (QED) is 0.386. The zero-order chi connectivity index (χ0) is 21.8. The van der Waals surface area contributed by atoms with Crippen LogP contribution in [0.1, 0.15) is 32.1 Å². The van der Waals surface area contributed by atoms with Crippen molar-refractivity contribution in [1.29, 1.82) is 0 Å². The number of piperidine rings is 1. The zero-order valence-electron chi connectivity index (χ0n) is 17.3. The van der Waals surface area contributed by atoms with Crippen LogP contribution >= 0.6 is 0 Å². The Morgan fingerprint density at radius 1 is 0.833 bits per heavy atom. The molecule has 0 bridgehead atoms. The van der Waals surface area contributed by atoms with Crippen molar-refractivity contribution in [3.8, 4) is 0 Å². The molecule has 2 aliphatic heterocycles. The Morgan fingerprint density at radius 3 is 1.97 bits per heavy atom. The Kier molecular flexibility index (Phi) is 10.1. The number of nitrogens with one attached hydrogen (secondary N) is 2. The molecule has 30 heavy (non-hydrogen) atoms. The summed E-state index contributed by atoms with van der Waals surface area (Å²) in [6, 6.07) is 8.20. The number of carboxylic acids is 2. The van der Waals surface area contributed by atoms with E-state index in [4.69, 9.17) is 19.8 Å². The predicted molar refractivity (Wildman–Crippen MR) is 115 cm³/mol. The fourth-order valence-corrected chi connectivity index (χ4v) is 3.56. The smallest absolute Gasteiger partial charge is 0.414 e. The number of hydrogen-bond acceptors (Lipinski definition) is 6. The third-order valence-electron chi connectivity index (χ3n) is 5.14. The summed E-state index contributed by atoms with van der Waals surface area (Å²) < 4.78 is 0. The lowest BCUT2D eigenvalue weighted by Crippen LogP contribution is -2.38. The van der Waals surface area contributed by atoms with Crippen molar-refractivity contribution < 1.29 is 24.6 Å². The van der Waals surface area contributed by atoms with E-state index in [2.05, 4.69) is 32.6 Å². The standard InChI is InChI=1S/C19H30N4O.C2H2O4/c24-19(16-20-10-15-22-11-2-1-3-12-22)21-17-6-8-18(9-7-17)23-13-4-5-14-23;3-1(4)2(5)6/h6-9,20H,1-5,10-16H2,(H,21,24);(H,3,4)(H,5,6). The zero-order valence-corrected chi connectivity index (χ0v) is 17.3. The van der Waals surface area contributed by atoms with Gasteiger partial charge in [0, 0.05) is 37.6 Å². The highest BCUT2D eigenvalue weighted by molar-refractivity contribution is 6.27. The van der Waals surface area contributed by atoms with Crippen molar-refractivity contribution in [1.82, 2.24) is 10.2 Å². The highest BCUT2D eigenvalue weighted by Crippen LogP contribution is 2.21. The molecule has 1 aromatic rings. The number of carbonyl (C=O) groups excluding carboxylic acids is 1. The van der Waals surface area contributed by atoms with Gasteiger partial charge in [-0.25, -0.2) is 9.59 Å². The van der Waals surface area contributed by atoms with E-state index < -0.39 is 11.9 Å². The third kappa shape index (κ3) is 8.79. The van der Waals surface area contributed by atoms with E-state index in [1.54, 1.807) is 0 Å². The average Bonchev–Trinajstić information content (AvgIpc) is 3.28. The highest BCUT2D eigenvalue weighted by atomic mass is 16.4. The fraction of sp³-hybridized carbons (Fsp3) is 0.571. The van der Waals surface area contributed by atoms with E-state index >= 15 is 0 Å². The van der Waals surface area contributed by atoms with Gasteiger partial charge in [-0.15, -0.1) is 0 Å². The van der Waals surface area contributed by atoms with Crippen LogP contribution < -0.4 is 15.5 Å². The molecule has 0 unspecified atom stereocenters. The molecule has 2 aliphatic rings. The van der Waals surface area contributed by atoms with Crippen LogP contribution in [0, 0.1) is 0 Å². The molecule has 2 fully saturated rings. The minimum Gasteiger partial charge on any atom is -0.473 e. The van der Waals surface area contributed by atoms with E-state index in [-0.39, 0.29) is 5.91 Å². The Morgan fingerprint density at radius 2 is 1.40 bits per heavy atom. The number of likely N-dealkylation sites (tertiary alicyclic amines) is 1. The first kappa shape index (κ1) is 23.6. The molecule has 0 atom stereocenters. The molecular weight excluding hydrogens is 388 g/mol. The second-order valence-electron chi connectivity index (χ2n) is 7.48. The lowest BCUT2D eigenvalue weighted by molar-refractivity contribution is -0.159. The molecule has 1 amide bonds. The lowest BCUT2D eigenvalue weighted by Gasteiger charge is -2.26. The molecule has 0 aliphatic carbocycles. The van der Waals surface area contributed by atoms with Crippen LogP contribution in [0.5, 0.6) is 0 Å². The van der Waals surface area contributed by atoms with Gasteiger partial charge in [0.2, 0.25) is 5.91 Å². The van der Waals surface area contributed by atoms with Gasteiger partial charge in [0.1, 0.15) is 0 Å². The van der Waals surface area contributed by atoms with Crippen molar-refractivity contribution in [2.45, 2.75) is 32.1 Å². The van der Waals surface area contributed by atoms with E-state index in [0.29, 0.717) is 6.54 Å². The molecule has 0 spiro atoms. The molecule has 0 aromatic heterocycles. The first-order valence-corrected chi connectivity index (χ1v) is 10.5. The molecule has 9 heteroatoms. The number of aliphatic carboxylic acids is 2. The number of rotatable bonds is 7. The van der Waals surface area contributed by atoms with Gasteiger partial charge in [-0.1, -0.05) is 6.42 Å². The molecule has 166 valence electrons. The summed E-state index contributed by atoms with van der Waals surface area (Å²) in [5.41, 5.74) is 2.13. The number of hydrogen-bond donors (Lipinski definition) is 4. The van der Waals surface area contributed by atoms with Crippen molar-refractivity contribution in [3.05, 3.63) is 24.3 Å². The van der Waals surface area contributed by atoms with Crippen LogP contribution in [0.2, 0.25) is 0 Å². The first-order chi connectivity index (χ1) is 14.5. The van der Waals surface area contributed by atoms with Gasteiger partial charge in [-0.05, 0) is 63.0 Å². The number of nitrogens with zero attached hydrogens (tertiary/aromatic N) is 2. The summed E-state index contributed by atoms with van der Waals surface area (Å²) >= 11 is 0. The van der Waals surface area contributed by atoms with E-state index in [1.165, 1.54) is 50.9 Å². The second-order valence-corrected chi connectivity index (χ2v) is 7.48. The Balaban J connectivity index is 0.000000469. The van der Waals surface area contributed by atoms with Crippen molar-refractivity contribution in [2.24, 2.45) is 0 Å². The number of anilines is 2. The number of carbonyl (C=O) groups is 3. The number of benzene rings is 1. The maximum absolute atomic E-state index is 12.0. The maximum atomic E-state index is 12.0. The highest BCUT2D eigenvalue weighted by Gasteiger charge is 2.12. The summed E-state index contributed by atoms with van der Waals surface area (Å²) in [6.45, 7) is 6.99. The fourth-order valence-electron chi connectivity index (χ4n) is 3.56. The van der Waals surface area contributed by atoms with Gasteiger partial charge >= 0.3 is 11.9 Å². The SMILES string of the molecule is O=C(CNCCN1CCCCC1)Nc1ccc(N2CCCC2)cc1.O=C(O)C(=O)O. The van der Waals surface area contributed by atoms with Crippen LogP contribution in [0.4, 0.5) is 11.4 Å². The third-order valence-corrected chi connectivity index (χ3v) is 5.14. The largest absolute Gasteiger partial charge is 0.473 e. The monoisotopic (exact) mass is 420 g/mol. The summed E-state index contributed by atoms with van der Waals surface area (Å²) in [7, 11) is 0. The maximum Gasteiger partial charge on any atom is 0.414 e. The average molecular weight is 421 g/mol. The van der Waals surface area contributed by atoms with Gasteiger partial charge in [0.05, 0.1) is 6.54 Å². The molecule has 1 aromatic carbocycles. The Bertz CT molecular complexity index is 671. The van der Waals surface area contributed by atoms with Crippen LogP contribution in [0.25, 0.3) is 0 Å². The second kappa shape index (κ2) is 12.8. The molecule has 2 heterocycles. The Labute approximate surface area is 177 Å². The molecule has 0 radical (unpaired) electrons. The summed E-state index contributed by atoms with van der Waals surface area (Å²) in [4.78, 5) is 35.1. The molecule has 0 saturated carbocycles. The van der Waals surface area contributed by atoms with Crippen molar-refractivity contribution in [2.75, 3.05) is 56.0 Å². The van der Waals surface area contributed by atoms with Crippen molar-refractivity contribution >= 4 is 29.2 Å². The number of amides is 1. The van der Waals surface area contributed by atoms with Gasteiger partial charge in [0.25, 0.3) is 0 Å². The topological polar surface area (TPSA) is 122 Å². The van der Waals surface area contributed by atoms with E-state index in [0.717, 1.165) is 31.9 Å². The molecule has 4 N–H and O–H groups in total. The minimum atomic E-state index is -1.82. The van der Waals surface area contributed by atoms with E-state index in [1.807, 2.05) is 12.1 Å². The lowest BCUT2D eigenvalue weighted by atomic mass is 10.1. The molecular formula is C21H32N4O5. The van der Waals surface area contributed by atoms with Crippen LogP contribution in [-0.4, -0.2) is 78.8 Å². The van der Waals surface area contributed by atoms with Gasteiger partial charge in [-0.3, -0.25) is 4.79 Å². The normalized spacial score (nSPS) is 16.5. The van der Waals surface area contributed by atoms with Gasteiger partial charge in [0.15, 0.2) is 0 Å². The van der Waals surface area contributed by atoms with Gasteiger partial charge in [-0.2, -0.15) is 0 Å². The molecule has 9 nitrogen and oxygen atoms in total. The van der Waals surface area contributed by atoms with Crippen molar-refractivity contribution in [3.63, 3.8) is 0 Å². The van der Waals surface area contributed by atoms with Crippen LogP contribution in [0.15, 0.2) is 24.3 Å². The minimum absolute atomic E-state index is 0.0302. The Hall–Kier alpha value is -2.65.